The quantitative estimate of drug-likeness (QED) is 0.837. The summed E-state index contributed by atoms with van der Waals surface area (Å²) in [6.45, 7) is 4.50. The summed E-state index contributed by atoms with van der Waals surface area (Å²) in [5.41, 5.74) is 8.28. The summed E-state index contributed by atoms with van der Waals surface area (Å²) in [6.07, 6.45) is 2.22. The molecule has 0 radical (unpaired) electrons. The average Bonchev–Trinajstić information content (AvgIpc) is 2.28. The Morgan fingerprint density at radius 3 is 2.83 bits per heavy atom. The number of nitrogens with two attached hydrogens (primary N) is 1. The summed E-state index contributed by atoms with van der Waals surface area (Å²) in [6, 6.07) is 6.05. The molecule has 0 fully saturated rings. The Morgan fingerprint density at radius 1 is 1.44 bits per heavy atom. The lowest BCUT2D eigenvalue weighted by atomic mass is 10.0. The molecule has 1 aliphatic heterocycles. The van der Waals surface area contributed by atoms with Crippen LogP contribution < -0.4 is 16.0 Å². The molecule has 1 aromatic carbocycles. The Morgan fingerprint density at radius 2 is 2.17 bits per heavy atom. The Hall–Kier alpha value is -1.55. The van der Waals surface area contributed by atoms with Crippen molar-refractivity contribution in [1.82, 2.24) is 0 Å². The zero-order valence-corrected chi connectivity index (χ0v) is 11.3. The van der Waals surface area contributed by atoms with Crippen LogP contribution in [0.15, 0.2) is 18.2 Å². The van der Waals surface area contributed by atoms with Gasteiger partial charge in [0.2, 0.25) is 5.91 Å². The van der Waals surface area contributed by atoms with E-state index in [0.29, 0.717) is 0 Å². The van der Waals surface area contributed by atoms with Crippen LogP contribution in [0.1, 0.15) is 25.8 Å². The maximum Gasteiger partial charge on any atom is 0.243 e. The van der Waals surface area contributed by atoms with Crippen molar-refractivity contribution in [2.24, 2.45) is 5.73 Å². The van der Waals surface area contributed by atoms with Crippen LogP contribution in [0.3, 0.4) is 0 Å². The minimum absolute atomic E-state index is 0.161. The summed E-state index contributed by atoms with van der Waals surface area (Å²) in [7, 11) is 2.10. The van der Waals surface area contributed by atoms with Crippen molar-refractivity contribution in [2.45, 2.75) is 32.2 Å². The van der Waals surface area contributed by atoms with Crippen LogP contribution in [-0.4, -0.2) is 25.0 Å². The van der Waals surface area contributed by atoms with Crippen LogP contribution >= 0.6 is 0 Å². The van der Waals surface area contributed by atoms with E-state index in [-0.39, 0.29) is 5.91 Å². The summed E-state index contributed by atoms with van der Waals surface area (Å²) in [5.74, 6) is -0.161. The minimum atomic E-state index is -0.854. The molecular weight excluding hydrogens is 226 g/mol. The van der Waals surface area contributed by atoms with Crippen LogP contribution in [0.25, 0.3) is 0 Å². The molecule has 4 heteroatoms. The largest absolute Gasteiger partial charge is 0.374 e. The fraction of sp³-hybridized carbons (Fsp3) is 0.500. The number of fused-ring (bicyclic) bond motifs is 1. The predicted octanol–water partition coefficient (Wildman–Crippen LogP) is 1.74. The van der Waals surface area contributed by atoms with E-state index >= 15 is 0 Å². The molecule has 1 heterocycles. The molecular formula is C14H21N3O. The van der Waals surface area contributed by atoms with Gasteiger partial charge in [-0.15, -0.1) is 0 Å². The van der Waals surface area contributed by atoms with Gasteiger partial charge in [-0.3, -0.25) is 4.79 Å². The smallest absolute Gasteiger partial charge is 0.243 e. The molecule has 4 nitrogen and oxygen atoms in total. The van der Waals surface area contributed by atoms with Crippen molar-refractivity contribution in [2.75, 3.05) is 23.8 Å². The number of nitrogens with zero attached hydrogens (tertiary/aromatic N) is 1. The maximum atomic E-state index is 11.8. The van der Waals surface area contributed by atoms with E-state index in [2.05, 4.69) is 29.4 Å². The molecule has 3 N–H and O–H groups in total. The first-order valence-corrected chi connectivity index (χ1v) is 6.32. The zero-order valence-electron chi connectivity index (χ0n) is 11.3. The van der Waals surface area contributed by atoms with Gasteiger partial charge in [0.1, 0.15) is 0 Å². The second-order valence-electron chi connectivity index (χ2n) is 5.54. The van der Waals surface area contributed by atoms with Crippen molar-refractivity contribution in [1.29, 1.82) is 0 Å². The SMILES string of the molecule is CN1CCCc2cc(NC(=O)C(C)(C)N)ccc21. The molecule has 0 aliphatic carbocycles. The molecule has 98 valence electrons. The third-order valence-electron chi connectivity index (χ3n) is 3.27. The number of nitrogens with one attached hydrogen (secondary N) is 1. The van der Waals surface area contributed by atoms with Crippen LogP contribution in [0, 0.1) is 0 Å². The van der Waals surface area contributed by atoms with Gasteiger partial charge in [0.05, 0.1) is 5.54 Å². The van der Waals surface area contributed by atoms with Crippen molar-refractivity contribution in [3.8, 4) is 0 Å². The molecule has 0 bridgehead atoms. The lowest BCUT2D eigenvalue weighted by Gasteiger charge is -2.28. The highest BCUT2D eigenvalue weighted by molar-refractivity contribution is 5.97. The van der Waals surface area contributed by atoms with Crippen molar-refractivity contribution in [3.63, 3.8) is 0 Å². The lowest BCUT2D eigenvalue weighted by molar-refractivity contribution is -0.120. The maximum absolute atomic E-state index is 11.8. The Kier molecular flexibility index (Phi) is 3.30. The number of anilines is 2. The molecule has 1 amide bonds. The second kappa shape index (κ2) is 4.61. The first-order chi connectivity index (χ1) is 8.38. The molecule has 2 rings (SSSR count). The van der Waals surface area contributed by atoms with Crippen LogP contribution in [0.5, 0.6) is 0 Å². The lowest BCUT2D eigenvalue weighted by Crippen LogP contribution is -2.45. The molecule has 1 aromatic rings. The predicted molar refractivity (Wildman–Crippen MR) is 74.9 cm³/mol. The minimum Gasteiger partial charge on any atom is -0.374 e. The van der Waals surface area contributed by atoms with Gasteiger partial charge in [-0.25, -0.2) is 0 Å². The number of hydrogen-bond donors (Lipinski definition) is 2. The Bertz CT molecular complexity index is 463. The van der Waals surface area contributed by atoms with E-state index in [9.17, 15) is 4.79 Å². The van der Waals surface area contributed by atoms with E-state index in [1.54, 1.807) is 13.8 Å². The average molecular weight is 247 g/mol. The van der Waals surface area contributed by atoms with Crippen LogP contribution in [0.2, 0.25) is 0 Å². The van der Waals surface area contributed by atoms with Crippen LogP contribution in [0.4, 0.5) is 11.4 Å². The third-order valence-corrected chi connectivity index (χ3v) is 3.27. The van der Waals surface area contributed by atoms with Crippen molar-refractivity contribution >= 4 is 17.3 Å². The van der Waals surface area contributed by atoms with E-state index in [1.165, 1.54) is 11.3 Å². The number of carbonyl (C=O) groups is 1. The van der Waals surface area contributed by atoms with Crippen molar-refractivity contribution in [3.05, 3.63) is 23.8 Å². The van der Waals surface area contributed by atoms with Gasteiger partial charge in [-0.05, 0) is 50.5 Å². The van der Waals surface area contributed by atoms with Gasteiger partial charge in [-0.1, -0.05) is 0 Å². The first-order valence-electron chi connectivity index (χ1n) is 6.32. The summed E-state index contributed by atoms with van der Waals surface area (Å²) in [5, 5.41) is 2.86. The highest BCUT2D eigenvalue weighted by atomic mass is 16.2. The number of carbonyl (C=O) groups excluding carboxylic acids is 1. The first kappa shape index (κ1) is 12.9. The van der Waals surface area contributed by atoms with Gasteiger partial charge in [0, 0.05) is 25.0 Å². The fourth-order valence-corrected chi connectivity index (χ4v) is 2.16. The van der Waals surface area contributed by atoms with Gasteiger partial charge in [0.15, 0.2) is 0 Å². The Labute approximate surface area is 108 Å². The number of rotatable bonds is 2. The molecule has 1 aliphatic rings. The van der Waals surface area contributed by atoms with Crippen LogP contribution in [-0.2, 0) is 11.2 Å². The summed E-state index contributed by atoms with van der Waals surface area (Å²) in [4.78, 5) is 14.1. The molecule has 0 saturated heterocycles. The fourth-order valence-electron chi connectivity index (χ4n) is 2.16. The van der Waals surface area contributed by atoms with E-state index in [4.69, 9.17) is 5.73 Å². The normalized spacial score (nSPS) is 15.2. The van der Waals surface area contributed by atoms with Gasteiger partial charge < -0.3 is 16.0 Å². The van der Waals surface area contributed by atoms with E-state index in [1.807, 2.05) is 6.07 Å². The Balaban J connectivity index is 2.19. The third kappa shape index (κ3) is 2.64. The number of benzene rings is 1. The monoisotopic (exact) mass is 247 g/mol. The van der Waals surface area contributed by atoms with Crippen molar-refractivity contribution < 1.29 is 4.79 Å². The van der Waals surface area contributed by atoms with Gasteiger partial charge >= 0.3 is 0 Å². The zero-order chi connectivity index (χ0) is 13.3. The highest BCUT2D eigenvalue weighted by Gasteiger charge is 2.22. The standard InChI is InChI=1S/C14H21N3O/c1-14(2,15)13(18)16-11-6-7-12-10(9-11)5-4-8-17(12)3/h6-7,9H,4-5,8,15H2,1-3H3,(H,16,18). The topological polar surface area (TPSA) is 58.4 Å². The van der Waals surface area contributed by atoms with Gasteiger partial charge in [0.25, 0.3) is 0 Å². The summed E-state index contributed by atoms with van der Waals surface area (Å²) >= 11 is 0. The number of aryl methyl sites for hydroxylation is 1. The summed E-state index contributed by atoms with van der Waals surface area (Å²) < 4.78 is 0. The van der Waals surface area contributed by atoms with E-state index < -0.39 is 5.54 Å². The van der Waals surface area contributed by atoms with E-state index in [0.717, 1.165) is 25.1 Å². The molecule has 0 saturated carbocycles. The highest BCUT2D eigenvalue weighted by Crippen LogP contribution is 2.28. The van der Waals surface area contributed by atoms with Gasteiger partial charge in [-0.2, -0.15) is 0 Å². The number of amides is 1. The second-order valence-corrected chi connectivity index (χ2v) is 5.54. The molecule has 0 unspecified atom stereocenters. The number of hydrogen-bond acceptors (Lipinski definition) is 3. The molecule has 18 heavy (non-hydrogen) atoms. The molecule has 0 spiro atoms. The molecule has 0 aromatic heterocycles. The molecule has 0 atom stereocenters.